The minimum absolute atomic E-state index is 0.123. The van der Waals surface area contributed by atoms with Gasteiger partial charge in [0.1, 0.15) is 12.4 Å². The van der Waals surface area contributed by atoms with Gasteiger partial charge in [-0.2, -0.15) is 0 Å². The topological polar surface area (TPSA) is 32.8 Å². The van der Waals surface area contributed by atoms with Crippen LogP contribution in [-0.4, -0.2) is 55.0 Å². The molecule has 2 aromatic rings. The van der Waals surface area contributed by atoms with Crippen LogP contribution in [0.5, 0.6) is 5.75 Å². The Morgan fingerprint density at radius 2 is 1.84 bits per heavy atom. The zero-order valence-corrected chi connectivity index (χ0v) is 15.0. The van der Waals surface area contributed by atoms with Gasteiger partial charge >= 0.3 is 0 Å². The lowest BCUT2D eigenvalue weighted by atomic mass is 10.2. The molecule has 25 heavy (non-hydrogen) atoms. The van der Waals surface area contributed by atoms with Gasteiger partial charge in [0.15, 0.2) is 0 Å². The molecule has 1 aliphatic rings. The van der Waals surface area contributed by atoms with Gasteiger partial charge in [0.2, 0.25) is 0 Å². The molecule has 0 aliphatic carbocycles. The Hall–Kier alpha value is -2.04. The van der Waals surface area contributed by atoms with Gasteiger partial charge in [-0.25, -0.2) is 0 Å². The summed E-state index contributed by atoms with van der Waals surface area (Å²) in [5.74, 6) is 0.917. The van der Waals surface area contributed by atoms with Crippen molar-refractivity contribution >= 4 is 17.5 Å². The quantitative estimate of drug-likeness (QED) is 0.819. The molecule has 0 radical (unpaired) electrons. The molecule has 1 saturated heterocycles. The molecular formula is C20H23ClN2O2. The Balaban J connectivity index is 1.46. The van der Waals surface area contributed by atoms with Crippen molar-refractivity contribution in [3.63, 3.8) is 0 Å². The molecule has 5 heteroatoms. The van der Waals surface area contributed by atoms with E-state index in [-0.39, 0.29) is 5.91 Å². The van der Waals surface area contributed by atoms with Crippen molar-refractivity contribution in [2.45, 2.75) is 6.42 Å². The van der Waals surface area contributed by atoms with Crippen molar-refractivity contribution in [2.24, 2.45) is 0 Å². The lowest BCUT2D eigenvalue weighted by Gasteiger charge is -2.22. The first-order valence-electron chi connectivity index (χ1n) is 8.67. The fourth-order valence-corrected chi connectivity index (χ4v) is 3.19. The van der Waals surface area contributed by atoms with E-state index in [1.54, 1.807) is 0 Å². The normalized spacial score (nSPS) is 15.6. The molecule has 4 nitrogen and oxygen atoms in total. The molecule has 132 valence electrons. The smallest absolute Gasteiger partial charge is 0.253 e. The minimum atomic E-state index is 0.123. The van der Waals surface area contributed by atoms with Crippen LogP contribution in [0.15, 0.2) is 54.6 Å². The molecule has 0 N–H and O–H groups in total. The third-order valence-electron chi connectivity index (χ3n) is 4.37. The second kappa shape index (κ2) is 8.88. The maximum absolute atomic E-state index is 12.6. The maximum Gasteiger partial charge on any atom is 0.253 e. The molecule has 0 saturated carbocycles. The minimum Gasteiger partial charge on any atom is -0.492 e. The van der Waals surface area contributed by atoms with E-state index < -0.39 is 0 Å². The fourth-order valence-electron chi connectivity index (χ4n) is 3.01. The molecule has 1 amide bonds. The predicted molar refractivity (Wildman–Crippen MR) is 100 cm³/mol. The third-order valence-corrected chi connectivity index (χ3v) is 4.60. The van der Waals surface area contributed by atoms with Gasteiger partial charge in [0.05, 0.1) is 0 Å². The summed E-state index contributed by atoms with van der Waals surface area (Å²) in [5, 5.41) is 0.683. The number of ether oxygens (including phenoxy) is 1. The predicted octanol–water partition coefficient (Wildman–Crippen LogP) is 3.57. The summed E-state index contributed by atoms with van der Waals surface area (Å²) in [6.07, 6.45) is 0.982. The molecule has 0 bridgehead atoms. The molecule has 0 aromatic heterocycles. The van der Waals surface area contributed by atoms with Gasteiger partial charge in [-0.05, 0) is 36.8 Å². The highest BCUT2D eigenvalue weighted by molar-refractivity contribution is 6.30. The van der Waals surface area contributed by atoms with E-state index in [2.05, 4.69) is 4.90 Å². The monoisotopic (exact) mass is 358 g/mol. The highest BCUT2D eigenvalue weighted by atomic mass is 35.5. The van der Waals surface area contributed by atoms with Crippen molar-refractivity contribution in [3.05, 3.63) is 65.2 Å². The van der Waals surface area contributed by atoms with Crippen LogP contribution in [0.25, 0.3) is 0 Å². The first-order chi connectivity index (χ1) is 12.2. The molecule has 0 unspecified atom stereocenters. The van der Waals surface area contributed by atoms with Crippen LogP contribution in [0, 0.1) is 0 Å². The molecule has 0 atom stereocenters. The number of hydrogen-bond donors (Lipinski definition) is 0. The van der Waals surface area contributed by atoms with Crippen LogP contribution in [0.4, 0.5) is 0 Å². The van der Waals surface area contributed by atoms with Gasteiger partial charge in [-0.3, -0.25) is 9.69 Å². The summed E-state index contributed by atoms with van der Waals surface area (Å²) in [7, 11) is 0. The molecular weight excluding hydrogens is 336 g/mol. The number of carbonyl (C=O) groups excluding carboxylic acids is 1. The average Bonchev–Trinajstić information content (AvgIpc) is 2.88. The van der Waals surface area contributed by atoms with Crippen LogP contribution in [0.2, 0.25) is 5.02 Å². The first kappa shape index (κ1) is 17.8. The summed E-state index contributed by atoms with van der Waals surface area (Å²) in [4.78, 5) is 16.9. The number of amides is 1. The largest absolute Gasteiger partial charge is 0.492 e. The summed E-state index contributed by atoms with van der Waals surface area (Å²) in [6, 6.07) is 17.0. The van der Waals surface area contributed by atoms with Gasteiger partial charge in [-0.1, -0.05) is 35.9 Å². The van der Waals surface area contributed by atoms with Crippen molar-refractivity contribution in [2.75, 3.05) is 39.3 Å². The standard InChI is InChI=1S/C20H23ClN2O2/c21-18-8-4-9-19(16-18)25-15-14-22-10-5-11-23(13-12-22)20(24)17-6-2-1-3-7-17/h1-4,6-9,16H,5,10-15H2. The highest BCUT2D eigenvalue weighted by Crippen LogP contribution is 2.17. The van der Waals surface area contributed by atoms with E-state index in [4.69, 9.17) is 16.3 Å². The SMILES string of the molecule is O=C(c1ccccc1)N1CCCN(CCOc2cccc(Cl)c2)CC1. The number of benzene rings is 2. The Labute approximate surface area is 154 Å². The second-order valence-corrected chi connectivity index (χ2v) is 6.60. The van der Waals surface area contributed by atoms with E-state index in [0.29, 0.717) is 11.6 Å². The van der Waals surface area contributed by atoms with E-state index in [1.165, 1.54) is 0 Å². The van der Waals surface area contributed by atoms with Crippen LogP contribution < -0.4 is 4.74 Å². The van der Waals surface area contributed by atoms with Crippen LogP contribution in [0.3, 0.4) is 0 Å². The number of carbonyl (C=O) groups is 1. The van der Waals surface area contributed by atoms with Gasteiger partial charge < -0.3 is 9.64 Å². The number of halogens is 1. The number of nitrogens with zero attached hydrogens (tertiary/aromatic N) is 2. The zero-order chi connectivity index (χ0) is 17.5. The van der Waals surface area contributed by atoms with Crippen LogP contribution in [0.1, 0.15) is 16.8 Å². The average molecular weight is 359 g/mol. The molecule has 1 aliphatic heterocycles. The third kappa shape index (κ3) is 5.21. The summed E-state index contributed by atoms with van der Waals surface area (Å²) in [6.45, 7) is 4.88. The van der Waals surface area contributed by atoms with Crippen LogP contribution in [-0.2, 0) is 0 Å². The summed E-state index contributed by atoms with van der Waals surface area (Å²) < 4.78 is 5.77. The van der Waals surface area contributed by atoms with Crippen molar-refractivity contribution in [1.82, 2.24) is 9.80 Å². The van der Waals surface area contributed by atoms with E-state index >= 15 is 0 Å². The molecule has 1 fully saturated rings. The van der Waals surface area contributed by atoms with Gasteiger partial charge in [0.25, 0.3) is 5.91 Å². The van der Waals surface area contributed by atoms with E-state index in [9.17, 15) is 4.79 Å². The fraction of sp³-hybridized carbons (Fsp3) is 0.350. The Kier molecular flexibility index (Phi) is 6.31. The Morgan fingerprint density at radius 3 is 2.64 bits per heavy atom. The number of hydrogen-bond acceptors (Lipinski definition) is 3. The molecule has 0 spiro atoms. The molecule has 2 aromatic carbocycles. The van der Waals surface area contributed by atoms with Gasteiger partial charge in [0, 0.05) is 43.3 Å². The highest BCUT2D eigenvalue weighted by Gasteiger charge is 2.19. The Bertz CT molecular complexity index is 693. The summed E-state index contributed by atoms with van der Waals surface area (Å²) in [5.41, 5.74) is 0.764. The van der Waals surface area contributed by atoms with E-state index in [1.807, 2.05) is 59.5 Å². The van der Waals surface area contributed by atoms with Gasteiger partial charge in [-0.15, -0.1) is 0 Å². The molecule has 1 heterocycles. The van der Waals surface area contributed by atoms with Crippen molar-refractivity contribution in [3.8, 4) is 5.75 Å². The lowest BCUT2D eigenvalue weighted by molar-refractivity contribution is 0.0760. The maximum atomic E-state index is 12.6. The van der Waals surface area contributed by atoms with E-state index in [0.717, 1.165) is 50.5 Å². The second-order valence-electron chi connectivity index (χ2n) is 6.16. The van der Waals surface area contributed by atoms with Crippen LogP contribution >= 0.6 is 11.6 Å². The van der Waals surface area contributed by atoms with Crippen molar-refractivity contribution < 1.29 is 9.53 Å². The number of rotatable bonds is 5. The summed E-state index contributed by atoms with van der Waals surface area (Å²) >= 11 is 5.96. The zero-order valence-electron chi connectivity index (χ0n) is 14.2. The Morgan fingerprint density at radius 1 is 1.00 bits per heavy atom. The first-order valence-corrected chi connectivity index (χ1v) is 9.05. The van der Waals surface area contributed by atoms with Crippen molar-refractivity contribution in [1.29, 1.82) is 0 Å². The molecule has 3 rings (SSSR count). The lowest BCUT2D eigenvalue weighted by Crippen LogP contribution is -2.36.